The summed E-state index contributed by atoms with van der Waals surface area (Å²) in [5.74, 6) is -0.879. The van der Waals surface area contributed by atoms with Gasteiger partial charge >= 0.3 is 5.97 Å². The van der Waals surface area contributed by atoms with Crippen LogP contribution in [-0.4, -0.2) is 51.3 Å². The van der Waals surface area contributed by atoms with E-state index < -0.39 is 12.1 Å². The molecule has 2 aliphatic rings. The van der Waals surface area contributed by atoms with E-state index in [-0.39, 0.29) is 0 Å². The number of imidazole rings is 1. The van der Waals surface area contributed by atoms with Crippen LogP contribution in [0.4, 0.5) is 0 Å². The van der Waals surface area contributed by atoms with Gasteiger partial charge in [0.15, 0.2) is 6.10 Å². The number of carboxylic acids is 1. The van der Waals surface area contributed by atoms with E-state index in [4.69, 9.17) is 9.84 Å². The molecule has 18 heavy (non-hydrogen) atoms. The maximum atomic E-state index is 10.9. The van der Waals surface area contributed by atoms with Crippen molar-refractivity contribution in [1.29, 1.82) is 0 Å². The van der Waals surface area contributed by atoms with E-state index in [0.29, 0.717) is 19.2 Å². The zero-order valence-electron chi connectivity index (χ0n) is 10.2. The van der Waals surface area contributed by atoms with Crippen LogP contribution in [0.5, 0.6) is 0 Å². The maximum absolute atomic E-state index is 10.9. The Morgan fingerprint density at radius 2 is 2.39 bits per heavy atom. The summed E-state index contributed by atoms with van der Waals surface area (Å²) in [5.41, 5.74) is 1.17. The number of carboxylic acid groups (broad SMARTS) is 1. The zero-order valence-corrected chi connectivity index (χ0v) is 10.2. The number of aliphatic carboxylic acids is 1. The van der Waals surface area contributed by atoms with E-state index >= 15 is 0 Å². The summed E-state index contributed by atoms with van der Waals surface area (Å²) in [6.45, 7) is 2.46. The lowest BCUT2D eigenvalue weighted by atomic mass is 10.2. The number of nitrogens with zero attached hydrogens (tertiary/aromatic N) is 3. The average Bonchev–Trinajstić information content (AvgIpc) is 3.11. The molecule has 1 unspecified atom stereocenters. The molecule has 0 bridgehead atoms. The van der Waals surface area contributed by atoms with E-state index in [2.05, 4.69) is 14.5 Å². The minimum absolute atomic E-state index is 0.450. The molecule has 1 N–H and O–H groups in total. The first kappa shape index (κ1) is 11.7. The van der Waals surface area contributed by atoms with E-state index in [1.54, 1.807) is 0 Å². The first-order chi connectivity index (χ1) is 8.74. The van der Waals surface area contributed by atoms with Crippen molar-refractivity contribution in [2.75, 3.05) is 19.7 Å². The molecular formula is C12H17N3O3. The number of carbonyl (C=O) groups is 1. The Morgan fingerprint density at radius 1 is 1.56 bits per heavy atom. The number of hydrogen-bond donors (Lipinski definition) is 1. The lowest BCUT2D eigenvalue weighted by Crippen LogP contribution is -2.45. The highest BCUT2D eigenvalue weighted by Crippen LogP contribution is 2.35. The van der Waals surface area contributed by atoms with Crippen molar-refractivity contribution in [2.24, 2.45) is 0 Å². The summed E-state index contributed by atoms with van der Waals surface area (Å²) in [7, 11) is 0. The highest BCUT2D eigenvalue weighted by molar-refractivity contribution is 5.72. The van der Waals surface area contributed by atoms with Gasteiger partial charge in [0, 0.05) is 31.9 Å². The lowest BCUT2D eigenvalue weighted by Gasteiger charge is -2.30. The van der Waals surface area contributed by atoms with Crippen molar-refractivity contribution in [3.63, 3.8) is 0 Å². The molecule has 1 aliphatic heterocycles. The van der Waals surface area contributed by atoms with Crippen LogP contribution in [0.25, 0.3) is 0 Å². The highest BCUT2D eigenvalue weighted by Gasteiger charge is 2.29. The molecule has 6 nitrogen and oxygen atoms in total. The number of aromatic nitrogens is 2. The molecule has 2 heterocycles. The highest BCUT2D eigenvalue weighted by atomic mass is 16.5. The van der Waals surface area contributed by atoms with Crippen LogP contribution >= 0.6 is 0 Å². The normalized spacial score (nSPS) is 25.2. The largest absolute Gasteiger partial charge is 0.479 e. The standard InChI is InChI=1S/C12H17N3O3/c16-12(17)11-7-14(3-4-18-11)6-10-5-13-8-15(10)9-1-2-9/h5,8-9,11H,1-4,6-7H2,(H,16,17). The third-order valence-electron chi connectivity index (χ3n) is 3.50. The van der Waals surface area contributed by atoms with Crippen molar-refractivity contribution < 1.29 is 14.6 Å². The molecule has 98 valence electrons. The van der Waals surface area contributed by atoms with Gasteiger partial charge in [-0.2, -0.15) is 0 Å². The predicted octanol–water partition coefficient (Wildman–Crippen LogP) is 0.503. The van der Waals surface area contributed by atoms with Gasteiger partial charge in [0.2, 0.25) is 0 Å². The molecule has 2 fully saturated rings. The molecule has 0 spiro atoms. The van der Waals surface area contributed by atoms with Gasteiger partial charge in [-0.3, -0.25) is 4.90 Å². The average molecular weight is 251 g/mol. The Morgan fingerprint density at radius 3 is 3.11 bits per heavy atom. The van der Waals surface area contributed by atoms with Crippen molar-refractivity contribution >= 4 is 5.97 Å². The maximum Gasteiger partial charge on any atom is 0.334 e. The number of morpholine rings is 1. The van der Waals surface area contributed by atoms with E-state index in [1.165, 1.54) is 18.5 Å². The van der Waals surface area contributed by atoms with Gasteiger partial charge in [-0.05, 0) is 12.8 Å². The Balaban J connectivity index is 1.64. The van der Waals surface area contributed by atoms with Crippen LogP contribution in [0.1, 0.15) is 24.6 Å². The van der Waals surface area contributed by atoms with Crippen LogP contribution in [0.2, 0.25) is 0 Å². The molecule has 1 saturated heterocycles. The number of rotatable bonds is 4. The van der Waals surface area contributed by atoms with E-state index in [1.807, 2.05) is 12.5 Å². The number of ether oxygens (including phenoxy) is 1. The van der Waals surface area contributed by atoms with Gasteiger partial charge in [0.1, 0.15) is 0 Å². The summed E-state index contributed by atoms with van der Waals surface area (Å²) >= 11 is 0. The second-order valence-electron chi connectivity index (χ2n) is 4.96. The molecule has 1 saturated carbocycles. The topological polar surface area (TPSA) is 67.6 Å². The Labute approximate surface area is 105 Å². The first-order valence-corrected chi connectivity index (χ1v) is 6.31. The molecule has 6 heteroatoms. The van der Waals surface area contributed by atoms with Gasteiger partial charge in [-0.25, -0.2) is 9.78 Å². The van der Waals surface area contributed by atoms with Gasteiger partial charge in [-0.1, -0.05) is 0 Å². The molecule has 0 radical (unpaired) electrons. The van der Waals surface area contributed by atoms with Crippen LogP contribution in [0.3, 0.4) is 0 Å². The molecule has 1 aromatic heterocycles. The minimum atomic E-state index is -0.879. The molecule has 1 aliphatic carbocycles. The predicted molar refractivity (Wildman–Crippen MR) is 63.2 cm³/mol. The van der Waals surface area contributed by atoms with Crippen LogP contribution in [0.15, 0.2) is 12.5 Å². The molecule has 1 aromatic rings. The Hall–Kier alpha value is -1.40. The van der Waals surface area contributed by atoms with Gasteiger partial charge in [0.25, 0.3) is 0 Å². The van der Waals surface area contributed by atoms with E-state index in [9.17, 15) is 4.79 Å². The van der Waals surface area contributed by atoms with Crippen LogP contribution in [-0.2, 0) is 16.1 Å². The molecule has 0 aromatic carbocycles. The first-order valence-electron chi connectivity index (χ1n) is 6.31. The van der Waals surface area contributed by atoms with Crippen molar-refractivity contribution in [3.8, 4) is 0 Å². The third kappa shape index (κ3) is 2.39. The SMILES string of the molecule is O=C(O)C1CN(Cc2cncn2C2CC2)CCO1. The van der Waals surface area contributed by atoms with Crippen molar-refractivity contribution in [3.05, 3.63) is 18.2 Å². The second kappa shape index (κ2) is 4.70. The summed E-state index contributed by atoms with van der Waals surface area (Å²) < 4.78 is 7.43. The Bertz CT molecular complexity index is 442. The molecular weight excluding hydrogens is 234 g/mol. The number of hydrogen-bond acceptors (Lipinski definition) is 4. The third-order valence-corrected chi connectivity index (χ3v) is 3.50. The van der Waals surface area contributed by atoms with Crippen molar-refractivity contribution in [1.82, 2.24) is 14.5 Å². The summed E-state index contributed by atoms with van der Waals surface area (Å²) in [6, 6.07) is 0.610. The molecule has 0 amide bonds. The fourth-order valence-corrected chi connectivity index (χ4v) is 2.36. The van der Waals surface area contributed by atoms with Crippen molar-refractivity contribution in [2.45, 2.75) is 31.5 Å². The smallest absolute Gasteiger partial charge is 0.334 e. The summed E-state index contributed by atoms with van der Waals surface area (Å²) in [6.07, 6.45) is 5.51. The monoisotopic (exact) mass is 251 g/mol. The minimum Gasteiger partial charge on any atom is -0.479 e. The van der Waals surface area contributed by atoms with Gasteiger partial charge in [0.05, 0.1) is 18.6 Å². The lowest BCUT2D eigenvalue weighted by molar-refractivity contribution is -0.156. The van der Waals surface area contributed by atoms with E-state index in [0.717, 1.165) is 13.1 Å². The quantitative estimate of drug-likeness (QED) is 0.844. The Kier molecular flexibility index (Phi) is 3.05. The molecule has 1 atom stereocenters. The molecule has 3 rings (SSSR count). The van der Waals surface area contributed by atoms with Gasteiger partial charge in [-0.15, -0.1) is 0 Å². The van der Waals surface area contributed by atoms with Gasteiger partial charge < -0.3 is 14.4 Å². The fraction of sp³-hybridized carbons (Fsp3) is 0.667. The van der Waals surface area contributed by atoms with Crippen LogP contribution < -0.4 is 0 Å². The van der Waals surface area contributed by atoms with Crippen LogP contribution in [0, 0.1) is 0 Å². The second-order valence-corrected chi connectivity index (χ2v) is 4.96. The zero-order chi connectivity index (χ0) is 12.5. The summed E-state index contributed by atoms with van der Waals surface area (Å²) in [4.78, 5) is 17.2. The summed E-state index contributed by atoms with van der Waals surface area (Å²) in [5, 5.41) is 8.97. The fourth-order valence-electron chi connectivity index (χ4n) is 2.36.